The molecule has 9 nitrogen and oxygen atoms in total. The second-order valence-corrected chi connectivity index (χ2v) is 7.94. The van der Waals surface area contributed by atoms with Gasteiger partial charge in [0.05, 0.1) is 28.6 Å². The Bertz CT molecular complexity index is 764. The van der Waals surface area contributed by atoms with Crippen molar-refractivity contribution in [1.29, 1.82) is 0 Å². The summed E-state index contributed by atoms with van der Waals surface area (Å²) >= 11 is 0. The number of aliphatic hydroxyl groups excluding tert-OH is 2. The molecule has 0 aromatic heterocycles. The van der Waals surface area contributed by atoms with E-state index < -0.39 is 32.8 Å². The summed E-state index contributed by atoms with van der Waals surface area (Å²) in [6.45, 7) is 0.153. The van der Waals surface area contributed by atoms with Gasteiger partial charge in [0.15, 0.2) is 5.75 Å². The number of ether oxygens (including phenoxy) is 1. The molecule has 0 spiro atoms. The first kappa shape index (κ1) is 17.1. The van der Waals surface area contributed by atoms with Crippen LogP contribution in [0.5, 0.6) is 5.75 Å². The van der Waals surface area contributed by atoms with Gasteiger partial charge in [-0.05, 0) is 42.7 Å². The van der Waals surface area contributed by atoms with Crippen LogP contribution in [0.15, 0.2) is 23.1 Å². The number of hydrogen-bond acceptors (Lipinski definition) is 7. The fraction of sp³-hybridized carbons (Fsp3) is 0.571. The van der Waals surface area contributed by atoms with Gasteiger partial charge in [0.2, 0.25) is 10.0 Å². The first-order valence-corrected chi connectivity index (χ1v) is 9.03. The lowest BCUT2D eigenvalue weighted by Crippen LogP contribution is -2.38. The largest absolute Gasteiger partial charge is 0.487 e. The molecular weight excluding hydrogens is 340 g/mol. The van der Waals surface area contributed by atoms with Crippen LogP contribution >= 0.6 is 0 Å². The molecule has 3 rings (SSSR count). The summed E-state index contributed by atoms with van der Waals surface area (Å²) in [5.74, 6) is -0.123. The van der Waals surface area contributed by atoms with E-state index in [4.69, 9.17) is 9.88 Å². The first-order chi connectivity index (χ1) is 11.2. The SMILES string of the molecule is NS(=O)(=O)c1ccc(OCC2C[C@@H]3C[C@H]2[C@H](O)C3O)c([N+](=O)[O-])c1. The minimum absolute atomic E-state index is 0.00841. The van der Waals surface area contributed by atoms with Crippen LogP contribution in [0.1, 0.15) is 12.8 Å². The Morgan fingerprint density at radius 1 is 1.29 bits per heavy atom. The van der Waals surface area contributed by atoms with E-state index in [2.05, 4.69) is 0 Å². The van der Waals surface area contributed by atoms with Gasteiger partial charge in [-0.3, -0.25) is 10.1 Å². The monoisotopic (exact) mass is 358 g/mol. The molecule has 0 amide bonds. The summed E-state index contributed by atoms with van der Waals surface area (Å²) < 4.78 is 28.1. The standard InChI is InChI=1S/C14H18N2O7S/c15-24(21,22)9-1-2-12(11(5-9)16(19)20)23-6-8-3-7-4-10(8)14(18)13(7)17/h1-2,5,7-8,10,13-14,17-18H,3-4,6H2,(H2,15,21,22)/t7-,8?,10-,13?,14+/m1/s1. The van der Waals surface area contributed by atoms with Crippen LogP contribution in [-0.2, 0) is 10.0 Å². The summed E-state index contributed by atoms with van der Waals surface area (Å²) in [5, 5.41) is 35.8. The predicted octanol–water partition coefficient (Wildman–Crippen LogP) is -0.00120. The molecule has 2 saturated carbocycles. The molecule has 5 atom stereocenters. The number of nitro groups is 1. The first-order valence-electron chi connectivity index (χ1n) is 7.48. The average molecular weight is 358 g/mol. The van der Waals surface area contributed by atoms with Crippen LogP contribution in [0.3, 0.4) is 0 Å². The van der Waals surface area contributed by atoms with Crippen LogP contribution in [0, 0.1) is 27.9 Å². The Kier molecular flexibility index (Phi) is 4.24. The van der Waals surface area contributed by atoms with Crippen LogP contribution in [0.2, 0.25) is 0 Å². The second-order valence-electron chi connectivity index (χ2n) is 6.38. The molecular formula is C14H18N2O7S. The normalized spacial score (nSPS) is 32.0. The number of benzene rings is 1. The summed E-state index contributed by atoms with van der Waals surface area (Å²) in [5.41, 5.74) is -0.481. The lowest BCUT2D eigenvalue weighted by molar-refractivity contribution is -0.386. The summed E-state index contributed by atoms with van der Waals surface area (Å²) in [7, 11) is -4.05. The highest BCUT2D eigenvalue weighted by atomic mass is 32.2. The highest BCUT2D eigenvalue weighted by Gasteiger charge is 2.51. The number of sulfonamides is 1. The number of nitrogens with two attached hydrogens (primary N) is 1. The van der Waals surface area contributed by atoms with Crippen LogP contribution in [0.4, 0.5) is 5.69 Å². The second kappa shape index (κ2) is 5.96. The van der Waals surface area contributed by atoms with Gasteiger partial charge in [0.25, 0.3) is 0 Å². The molecule has 132 valence electrons. The van der Waals surface area contributed by atoms with E-state index in [-0.39, 0.29) is 35.0 Å². The molecule has 4 N–H and O–H groups in total. The Hall–Kier alpha value is -1.75. The number of aliphatic hydroxyl groups is 2. The Labute approximate surface area is 138 Å². The van der Waals surface area contributed by atoms with Crippen molar-refractivity contribution in [3.8, 4) is 5.75 Å². The van der Waals surface area contributed by atoms with Gasteiger partial charge in [-0.25, -0.2) is 13.6 Å². The molecule has 2 aliphatic rings. The highest BCUT2D eigenvalue weighted by molar-refractivity contribution is 7.89. The zero-order valence-corrected chi connectivity index (χ0v) is 13.4. The van der Waals surface area contributed by atoms with Crippen molar-refractivity contribution >= 4 is 15.7 Å². The quantitative estimate of drug-likeness (QED) is 0.494. The highest BCUT2D eigenvalue weighted by Crippen LogP contribution is 2.48. The Morgan fingerprint density at radius 2 is 2.00 bits per heavy atom. The van der Waals surface area contributed by atoms with Crippen LogP contribution < -0.4 is 9.88 Å². The number of rotatable bonds is 5. The smallest absolute Gasteiger partial charge is 0.312 e. The third kappa shape index (κ3) is 2.97. The maximum absolute atomic E-state index is 11.3. The molecule has 2 unspecified atom stereocenters. The number of primary sulfonamides is 1. The molecule has 0 aliphatic heterocycles. The van der Waals surface area contributed by atoms with Crippen molar-refractivity contribution in [2.24, 2.45) is 22.9 Å². The lowest BCUT2D eigenvalue weighted by Gasteiger charge is -2.29. The molecule has 2 aliphatic carbocycles. The van der Waals surface area contributed by atoms with Gasteiger partial charge >= 0.3 is 5.69 Å². The number of hydrogen-bond donors (Lipinski definition) is 3. The minimum Gasteiger partial charge on any atom is -0.487 e. The zero-order chi connectivity index (χ0) is 17.6. The minimum atomic E-state index is -4.05. The summed E-state index contributed by atoms with van der Waals surface area (Å²) in [6.07, 6.45) is -0.110. The van der Waals surface area contributed by atoms with E-state index in [1.807, 2.05) is 0 Å². The molecule has 0 saturated heterocycles. The Morgan fingerprint density at radius 3 is 2.54 bits per heavy atom. The van der Waals surface area contributed by atoms with Gasteiger partial charge in [-0.1, -0.05) is 0 Å². The lowest BCUT2D eigenvalue weighted by atomic mass is 9.85. The summed E-state index contributed by atoms with van der Waals surface area (Å²) in [4.78, 5) is 10.0. The van der Waals surface area contributed by atoms with Gasteiger partial charge in [0, 0.05) is 6.07 Å². The van der Waals surface area contributed by atoms with Gasteiger partial charge < -0.3 is 14.9 Å². The topological polar surface area (TPSA) is 153 Å². The van der Waals surface area contributed by atoms with Crippen molar-refractivity contribution in [1.82, 2.24) is 0 Å². The van der Waals surface area contributed by atoms with Crippen molar-refractivity contribution < 1.29 is 28.3 Å². The fourth-order valence-electron chi connectivity index (χ4n) is 3.76. The predicted molar refractivity (Wildman–Crippen MR) is 81.7 cm³/mol. The van der Waals surface area contributed by atoms with Gasteiger partial charge in [0.1, 0.15) is 0 Å². The third-order valence-corrected chi connectivity index (χ3v) is 5.88. The van der Waals surface area contributed by atoms with E-state index >= 15 is 0 Å². The van der Waals surface area contributed by atoms with E-state index in [1.54, 1.807) is 0 Å². The zero-order valence-electron chi connectivity index (χ0n) is 12.6. The average Bonchev–Trinajstić information content (AvgIpc) is 3.04. The number of fused-ring (bicyclic) bond motifs is 2. The molecule has 2 bridgehead atoms. The molecule has 1 aromatic rings. The van der Waals surface area contributed by atoms with Crippen molar-refractivity contribution in [2.45, 2.75) is 29.9 Å². The maximum Gasteiger partial charge on any atom is 0.312 e. The molecule has 1 aromatic carbocycles. The molecule has 0 heterocycles. The van der Waals surface area contributed by atoms with E-state index in [0.717, 1.165) is 12.1 Å². The van der Waals surface area contributed by atoms with E-state index in [1.165, 1.54) is 6.07 Å². The van der Waals surface area contributed by atoms with Crippen LogP contribution in [-0.4, -0.2) is 42.4 Å². The fourth-order valence-corrected chi connectivity index (χ4v) is 4.29. The van der Waals surface area contributed by atoms with Crippen molar-refractivity contribution in [2.75, 3.05) is 6.61 Å². The third-order valence-electron chi connectivity index (χ3n) is 4.97. The maximum atomic E-state index is 11.3. The summed E-state index contributed by atoms with van der Waals surface area (Å²) in [6, 6.07) is 3.22. The number of nitrogens with zero attached hydrogens (tertiary/aromatic N) is 1. The molecule has 2 fully saturated rings. The number of nitro benzene ring substituents is 1. The van der Waals surface area contributed by atoms with Crippen molar-refractivity contribution in [3.63, 3.8) is 0 Å². The van der Waals surface area contributed by atoms with Gasteiger partial charge in [-0.15, -0.1) is 0 Å². The van der Waals surface area contributed by atoms with Gasteiger partial charge in [-0.2, -0.15) is 0 Å². The molecule has 0 radical (unpaired) electrons. The Balaban J connectivity index is 1.75. The van der Waals surface area contributed by atoms with Crippen molar-refractivity contribution in [3.05, 3.63) is 28.3 Å². The van der Waals surface area contributed by atoms with E-state index in [0.29, 0.717) is 12.8 Å². The van der Waals surface area contributed by atoms with Crippen LogP contribution in [0.25, 0.3) is 0 Å². The van der Waals surface area contributed by atoms with E-state index in [9.17, 15) is 28.7 Å². The molecule has 10 heteroatoms. The molecule has 24 heavy (non-hydrogen) atoms.